The third-order valence-electron chi connectivity index (χ3n) is 3.84. The Bertz CT molecular complexity index is 638. The van der Waals surface area contributed by atoms with Gasteiger partial charge in [-0.05, 0) is 49.4 Å². The van der Waals surface area contributed by atoms with Crippen molar-refractivity contribution in [2.45, 2.75) is 44.0 Å². The fraction of sp³-hybridized carbons (Fsp3) is 0.562. The number of sulfonamides is 1. The van der Waals surface area contributed by atoms with Crippen molar-refractivity contribution in [3.63, 3.8) is 0 Å². The topological polar surface area (TPSA) is 66.5 Å². The van der Waals surface area contributed by atoms with Gasteiger partial charge in [0, 0.05) is 13.1 Å². The van der Waals surface area contributed by atoms with Crippen LogP contribution in [0.25, 0.3) is 0 Å². The molecule has 23 heavy (non-hydrogen) atoms. The van der Waals surface area contributed by atoms with Crippen molar-refractivity contribution in [2.24, 2.45) is 5.92 Å². The molecule has 1 N–H and O–H groups in total. The van der Waals surface area contributed by atoms with Crippen molar-refractivity contribution in [3.8, 4) is 0 Å². The van der Waals surface area contributed by atoms with Crippen LogP contribution >= 0.6 is 0 Å². The third-order valence-corrected chi connectivity index (χ3v) is 5.33. The summed E-state index contributed by atoms with van der Waals surface area (Å²) in [5.41, 5.74) is 0. The van der Waals surface area contributed by atoms with E-state index in [1.807, 2.05) is 13.8 Å². The SMILES string of the molecule is CC(C)C[C@H](NS(=O)(=O)c1ccc(F)cc1)C(=O)N1CCCC1. The summed E-state index contributed by atoms with van der Waals surface area (Å²) in [6.07, 6.45) is 2.32. The Kier molecular flexibility index (Phi) is 5.75. The van der Waals surface area contributed by atoms with E-state index >= 15 is 0 Å². The molecule has 0 aliphatic carbocycles. The van der Waals surface area contributed by atoms with E-state index < -0.39 is 21.9 Å². The Hall–Kier alpha value is -1.47. The minimum absolute atomic E-state index is 0.0399. The van der Waals surface area contributed by atoms with Gasteiger partial charge in [0.15, 0.2) is 0 Å². The molecule has 7 heteroatoms. The summed E-state index contributed by atoms with van der Waals surface area (Å²) in [4.78, 5) is 14.3. The van der Waals surface area contributed by atoms with Crippen molar-refractivity contribution < 1.29 is 17.6 Å². The number of hydrogen-bond donors (Lipinski definition) is 1. The molecule has 5 nitrogen and oxygen atoms in total. The van der Waals surface area contributed by atoms with E-state index in [0.717, 1.165) is 25.0 Å². The van der Waals surface area contributed by atoms with Crippen molar-refractivity contribution in [2.75, 3.05) is 13.1 Å². The van der Waals surface area contributed by atoms with Gasteiger partial charge in [-0.2, -0.15) is 4.72 Å². The van der Waals surface area contributed by atoms with E-state index in [0.29, 0.717) is 19.5 Å². The van der Waals surface area contributed by atoms with Gasteiger partial charge in [0.1, 0.15) is 11.9 Å². The minimum Gasteiger partial charge on any atom is -0.341 e. The van der Waals surface area contributed by atoms with E-state index in [4.69, 9.17) is 0 Å². The Morgan fingerprint density at radius 3 is 2.30 bits per heavy atom. The molecule has 1 atom stereocenters. The summed E-state index contributed by atoms with van der Waals surface area (Å²) in [5.74, 6) is -0.514. The second kappa shape index (κ2) is 7.40. The van der Waals surface area contributed by atoms with Crippen LogP contribution in [0.3, 0.4) is 0 Å². The zero-order valence-electron chi connectivity index (χ0n) is 13.5. The number of carbonyl (C=O) groups excluding carboxylic acids is 1. The molecule has 0 saturated carbocycles. The first-order valence-electron chi connectivity index (χ1n) is 7.86. The van der Waals surface area contributed by atoms with Gasteiger partial charge < -0.3 is 4.90 Å². The van der Waals surface area contributed by atoms with Crippen LogP contribution in [-0.4, -0.2) is 38.4 Å². The van der Waals surface area contributed by atoms with Gasteiger partial charge in [-0.3, -0.25) is 4.79 Å². The van der Waals surface area contributed by atoms with Gasteiger partial charge in [-0.15, -0.1) is 0 Å². The smallest absolute Gasteiger partial charge is 0.241 e. The molecule has 1 aliphatic rings. The molecule has 1 saturated heterocycles. The van der Waals surface area contributed by atoms with E-state index in [9.17, 15) is 17.6 Å². The Labute approximate surface area is 136 Å². The Balaban J connectivity index is 2.18. The predicted octanol–water partition coefficient (Wildman–Crippen LogP) is 2.14. The predicted molar refractivity (Wildman–Crippen MR) is 85.8 cm³/mol. The Morgan fingerprint density at radius 1 is 1.22 bits per heavy atom. The highest BCUT2D eigenvalue weighted by molar-refractivity contribution is 7.89. The third kappa shape index (κ3) is 4.75. The van der Waals surface area contributed by atoms with Crippen LogP contribution in [-0.2, 0) is 14.8 Å². The lowest BCUT2D eigenvalue weighted by molar-refractivity contribution is -0.132. The number of hydrogen-bond acceptors (Lipinski definition) is 3. The lowest BCUT2D eigenvalue weighted by Gasteiger charge is -2.25. The summed E-state index contributed by atoms with van der Waals surface area (Å²) in [6, 6.07) is 3.79. The number of likely N-dealkylation sites (tertiary alicyclic amines) is 1. The zero-order chi connectivity index (χ0) is 17.0. The normalized spacial score (nSPS) is 16.8. The maximum atomic E-state index is 13.0. The number of halogens is 1. The second-order valence-corrected chi connectivity index (χ2v) is 8.00. The standard InChI is InChI=1S/C16H23FN2O3S/c1-12(2)11-15(16(20)19-9-3-4-10-19)18-23(21,22)14-7-5-13(17)6-8-14/h5-8,12,15,18H,3-4,9-11H2,1-2H3/t15-/m0/s1. The summed E-state index contributed by atoms with van der Waals surface area (Å²) >= 11 is 0. The van der Waals surface area contributed by atoms with E-state index in [1.54, 1.807) is 4.90 Å². The van der Waals surface area contributed by atoms with E-state index in [1.165, 1.54) is 12.1 Å². The van der Waals surface area contributed by atoms with Crippen LogP contribution < -0.4 is 4.72 Å². The number of benzene rings is 1. The molecule has 0 spiro atoms. The summed E-state index contributed by atoms with van der Waals surface area (Å²) < 4.78 is 40.4. The number of carbonyl (C=O) groups is 1. The van der Waals surface area contributed by atoms with Crippen molar-refractivity contribution in [3.05, 3.63) is 30.1 Å². The summed E-state index contributed by atoms with van der Waals surface area (Å²) in [7, 11) is -3.86. The molecule has 128 valence electrons. The van der Waals surface area contributed by atoms with Gasteiger partial charge in [0.05, 0.1) is 4.90 Å². The van der Waals surface area contributed by atoms with Gasteiger partial charge in [-0.25, -0.2) is 12.8 Å². The van der Waals surface area contributed by atoms with Gasteiger partial charge in [0.2, 0.25) is 15.9 Å². The van der Waals surface area contributed by atoms with Crippen molar-refractivity contribution in [1.29, 1.82) is 0 Å². The van der Waals surface area contributed by atoms with Crippen LogP contribution in [0.15, 0.2) is 29.2 Å². The molecule has 1 aromatic rings. The van der Waals surface area contributed by atoms with Crippen molar-refractivity contribution in [1.82, 2.24) is 9.62 Å². The highest BCUT2D eigenvalue weighted by Crippen LogP contribution is 2.17. The van der Waals surface area contributed by atoms with Crippen LogP contribution in [0, 0.1) is 11.7 Å². The number of amides is 1. The molecule has 0 bridgehead atoms. The molecular weight excluding hydrogens is 319 g/mol. The summed E-state index contributed by atoms with van der Waals surface area (Å²) in [5, 5.41) is 0. The van der Waals surface area contributed by atoms with Crippen LogP contribution in [0.2, 0.25) is 0 Å². The van der Waals surface area contributed by atoms with E-state index in [-0.39, 0.29) is 16.7 Å². The molecule has 1 amide bonds. The number of rotatable bonds is 6. The molecule has 1 fully saturated rings. The van der Waals surface area contributed by atoms with Crippen LogP contribution in [0.4, 0.5) is 4.39 Å². The molecule has 1 heterocycles. The zero-order valence-corrected chi connectivity index (χ0v) is 14.3. The van der Waals surface area contributed by atoms with Gasteiger partial charge in [-0.1, -0.05) is 13.8 Å². The lowest BCUT2D eigenvalue weighted by Crippen LogP contribution is -2.48. The number of nitrogens with zero attached hydrogens (tertiary/aromatic N) is 1. The summed E-state index contributed by atoms with van der Waals surface area (Å²) in [6.45, 7) is 5.23. The fourth-order valence-corrected chi connectivity index (χ4v) is 3.90. The average Bonchev–Trinajstić information content (AvgIpc) is 2.99. The quantitative estimate of drug-likeness (QED) is 0.861. The second-order valence-electron chi connectivity index (χ2n) is 6.29. The van der Waals surface area contributed by atoms with Crippen molar-refractivity contribution >= 4 is 15.9 Å². The average molecular weight is 342 g/mol. The molecule has 0 unspecified atom stereocenters. The highest BCUT2D eigenvalue weighted by atomic mass is 32.2. The molecule has 0 aromatic heterocycles. The maximum absolute atomic E-state index is 13.0. The number of nitrogens with one attached hydrogen (secondary N) is 1. The first kappa shape index (κ1) is 17.9. The highest BCUT2D eigenvalue weighted by Gasteiger charge is 2.31. The molecular formula is C16H23FN2O3S. The monoisotopic (exact) mass is 342 g/mol. The van der Waals surface area contributed by atoms with Gasteiger partial charge in [0.25, 0.3) is 0 Å². The van der Waals surface area contributed by atoms with E-state index in [2.05, 4.69) is 4.72 Å². The minimum atomic E-state index is -3.86. The molecule has 2 rings (SSSR count). The largest absolute Gasteiger partial charge is 0.341 e. The fourth-order valence-electron chi connectivity index (χ4n) is 2.70. The Morgan fingerprint density at radius 2 is 1.78 bits per heavy atom. The molecule has 0 radical (unpaired) electrons. The first-order valence-corrected chi connectivity index (χ1v) is 9.34. The van der Waals surface area contributed by atoms with Crippen LogP contribution in [0.1, 0.15) is 33.1 Å². The maximum Gasteiger partial charge on any atom is 0.241 e. The first-order chi connectivity index (χ1) is 10.8. The van der Waals surface area contributed by atoms with Crippen LogP contribution in [0.5, 0.6) is 0 Å². The molecule has 1 aromatic carbocycles. The lowest BCUT2D eigenvalue weighted by atomic mass is 10.0. The molecule has 1 aliphatic heterocycles. The van der Waals surface area contributed by atoms with Gasteiger partial charge >= 0.3 is 0 Å².